The molecule has 3 aliphatic carbocycles. The summed E-state index contributed by atoms with van der Waals surface area (Å²) in [6.07, 6.45) is 4.31. The summed E-state index contributed by atoms with van der Waals surface area (Å²) in [6.45, 7) is 32.1. The van der Waals surface area contributed by atoms with Crippen LogP contribution in [0.4, 0.5) is 0 Å². The molecule has 1 aromatic rings. The fourth-order valence-electron chi connectivity index (χ4n) is 6.30. The first-order chi connectivity index (χ1) is 19.3. The standard InChI is InChI=1S/2C10H20.C8H8Cl2.C8H8Se2.4CH3.2Ir.2Na.H2Se/c2*1-6-7(2)9(4)10(5)8(6)3;2*1-5-3-8(10)6(2)4-7(5)9;;;;;;;;;/h2*6-10H,1-5H3;2*3-4H,1-2H3;4*1H3;;;;;1H2/q;;;;4*-1;;;;;. The van der Waals surface area contributed by atoms with Crippen LogP contribution in [0.25, 0.3) is 0 Å². The van der Waals surface area contributed by atoms with Gasteiger partial charge in [-0.15, -0.1) is 0 Å². The van der Waals surface area contributed by atoms with Crippen molar-refractivity contribution < 1.29 is 40.2 Å². The fourth-order valence-corrected chi connectivity index (χ4v) is 7.72. The van der Waals surface area contributed by atoms with Crippen molar-refractivity contribution in [3.05, 3.63) is 86.3 Å². The minimum atomic E-state index is 0. The van der Waals surface area contributed by atoms with E-state index >= 15 is 0 Å². The molecule has 3 aliphatic rings. The van der Waals surface area contributed by atoms with Gasteiger partial charge in [0.05, 0.1) is 0 Å². The summed E-state index contributed by atoms with van der Waals surface area (Å²) in [4.78, 5) is 0. The Hall–Kier alpha value is 3.88. The molecule has 0 N–H and O–H groups in total. The van der Waals surface area contributed by atoms with E-state index in [2.05, 4.69) is 126 Å². The number of benzene rings is 1. The summed E-state index contributed by atoms with van der Waals surface area (Å²) >= 11 is 20.6. The summed E-state index contributed by atoms with van der Waals surface area (Å²) < 4.78 is 2.49. The zero-order chi connectivity index (χ0) is 33.2. The van der Waals surface area contributed by atoms with E-state index in [1.807, 2.05) is 26.0 Å². The Kier molecular flexibility index (Phi) is 50.6. The van der Waals surface area contributed by atoms with Gasteiger partial charge in [0.25, 0.3) is 0 Å². The second-order valence-corrected chi connectivity index (χ2v) is 16.0. The molecular weight excluding hydrogens is 1220 g/mol. The predicted molar refractivity (Wildman–Crippen MR) is 232 cm³/mol. The van der Waals surface area contributed by atoms with Gasteiger partial charge >= 0.3 is 138 Å². The average molecular weight is 1290 g/mol. The van der Waals surface area contributed by atoms with E-state index in [1.54, 1.807) is 0 Å². The minimum absolute atomic E-state index is 0. The quantitative estimate of drug-likeness (QED) is 0.179. The Balaban J connectivity index is -0.0000000715. The maximum atomic E-state index is 5.83. The molecule has 49 heavy (non-hydrogen) atoms. The van der Waals surface area contributed by atoms with E-state index in [0.717, 1.165) is 80.4 Å². The third-order valence-corrected chi connectivity index (χ3v) is 13.9. The van der Waals surface area contributed by atoms with Crippen molar-refractivity contribution in [3.63, 3.8) is 0 Å². The van der Waals surface area contributed by atoms with Crippen LogP contribution >= 0.6 is 23.2 Å². The number of allylic oxidation sites excluding steroid dienone is 4. The van der Waals surface area contributed by atoms with Gasteiger partial charge in [-0.1, -0.05) is 92.4 Å². The SMILES string of the molecule is CC1=CC(=[Se])C(C)=CC1=[Se].CC1C(C)C(C)C(C)C1C.CC1C(C)C(C)C(C)C1C.Cc1cc(Cl)c(C)cc1Cl.[CH3-].[CH3-].[CH3-].[CH3-].[Ir].[Ir].[Na][Na].[SeH2]. The van der Waals surface area contributed by atoms with Gasteiger partial charge in [0.2, 0.25) is 0 Å². The first-order valence-corrected chi connectivity index (χ1v) is 26.7. The van der Waals surface area contributed by atoms with E-state index in [-0.39, 0.29) is 87.0 Å². The molecular formula is C40H70Cl2Ir2Na2Se3-4. The van der Waals surface area contributed by atoms with Crippen LogP contribution in [0.3, 0.4) is 0 Å². The summed E-state index contributed by atoms with van der Waals surface area (Å²) in [5.74, 6) is 9.35. The second kappa shape index (κ2) is 35.1. The molecule has 0 bridgehead atoms. The normalized spacial score (nSPS) is 28.7. The summed E-state index contributed by atoms with van der Waals surface area (Å²) in [6, 6.07) is 3.75. The molecule has 0 unspecified atom stereocenters. The van der Waals surface area contributed by atoms with Crippen LogP contribution in [-0.2, 0) is 40.2 Å². The molecule has 0 nitrogen and oxygen atoms in total. The molecule has 0 saturated heterocycles. The van der Waals surface area contributed by atoms with Gasteiger partial charge < -0.3 is 29.7 Å². The van der Waals surface area contributed by atoms with Crippen molar-refractivity contribution in [1.29, 1.82) is 0 Å². The average Bonchev–Trinajstić information content (AvgIpc) is 3.22. The zero-order valence-corrected chi connectivity index (χ0v) is 50.6. The van der Waals surface area contributed by atoms with Gasteiger partial charge in [0, 0.05) is 50.3 Å². The van der Waals surface area contributed by atoms with Crippen LogP contribution in [0.2, 0.25) is 10.0 Å². The molecule has 1 aromatic carbocycles. The van der Waals surface area contributed by atoms with Crippen LogP contribution in [0.1, 0.15) is 94.2 Å². The molecule has 286 valence electrons. The van der Waals surface area contributed by atoms with E-state index in [0.29, 0.717) is 0 Å². The monoisotopic (exact) mass is 1290 g/mol. The maximum absolute atomic E-state index is 5.83. The molecule has 0 aliphatic heterocycles. The Morgan fingerprint density at radius 1 is 0.449 bits per heavy atom. The van der Waals surface area contributed by atoms with E-state index in [9.17, 15) is 0 Å². The molecule has 0 aromatic heterocycles. The van der Waals surface area contributed by atoms with Gasteiger partial charge in [0.1, 0.15) is 0 Å². The van der Waals surface area contributed by atoms with Crippen molar-refractivity contribution in [1.82, 2.24) is 0 Å². The fraction of sp³-hybridized carbons (Fsp3) is 0.600. The van der Waals surface area contributed by atoms with Gasteiger partial charge in [-0.25, -0.2) is 0 Å². The van der Waals surface area contributed by atoms with Crippen molar-refractivity contribution in [2.75, 3.05) is 0 Å². The number of halogens is 2. The Morgan fingerprint density at radius 3 is 0.735 bits per heavy atom. The molecule has 4 rings (SSSR count). The summed E-state index contributed by atoms with van der Waals surface area (Å²) in [5, 5.41) is 1.56. The van der Waals surface area contributed by atoms with Gasteiger partial charge in [-0.05, 0) is 96.3 Å². The van der Waals surface area contributed by atoms with E-state index < -0.39 is 0 Å². The molecule has 2 fully saturated rings. The predicted octanol–water partition coefficient (Wildman–Crippen LogP) is 10.7. The Morgan fingerprint density at radius 2 is 0.592 bits per heavy atom. The molecule has 2 saturated carbocycles. The molecule has 0 heterocycles. The van der Waals surface area contributed by atoms with Gasteiger partial charge in [-0.3, -0.25) is 0 Å². The third kappa shape index (κ3) is 22.4. The molecule has 0 atom stereocenters. The van der Waals surface area contributed by atoms with Crippen LogP contribution in [0, 0.1) is 103 Å². The third-order valence-electron chi connectivity index (χ3n) is 11.2. The van der Waals surface area contributed by atoms with Crippen LogP contribution in [0.15, 0.2) is 35.4 Å². The second-order valence-electron chi connectivity index (χ2n) is 13.3. The first kappa shape index (κ1) is 70.7. The first-order valence-electron chi connectivity index (χ1n) is 16.2. The summed E-state index contributed by atoms with van der Waals surface area (Å²) in [7, 11) is 0. The molecule has 2 radical (unpaired) electrons. The van der Waals surface area contributed by atoms with Crippen molar-refractivity contribution in [2.24, 2.45) is 59.2 Å². The molecule has 0 spiro atoms. The topological polar surface area (TPSA) is 0 Å². The molecule has 0 amide bonds. The van der Waals surface area contributed by atoms with E-state index in [1.165, 1.54) is 63.6 Å². The van der Waals surface area contributed by atoms with E-state index in [4.69, 9.17) is 23.2 Å². The van der Waals surface area contributed by atoms with Gasteiger partial charge in [-0.2, -0.15) is 0 Å². The number of hydrogen-bond donors (Lipinski definition) is 0. The Bertz CT molecular complexity index is 915. The molecule has 9 heteroatoms. The van der Waals surface area contributed by atoms with Crippen molar-refractivity contribution >= 4 is 124 Å². The number of rotatable bonds is 0. The van der Waals surface area contributed by atoms with Gasteiger partial charge in [0.15, 0.2) is 0 Å². The van der Waals surface area contributed by atoms with Crippen LogP contribution < -0.4 is 0 Å². The van der Waals surface area contributed by atoms with Crippen molar-refractivity contribution in [2.45, 2.75) is 96.9 Å². The number of hydrogen-bond acceptors (Lipinski definition) is 0. The van der Waals surface area contributed by atoms with Crippen LogP contribution in [0.5, 0.6) is 0 Å². The zero-order valence-electron chi connectivity index (χ0n) is 34.8. The van der Waals surface area contributed by atoms with Crippen molar-refractivity contribution in [3.8, 4) is 0 Å². The van der Waals surface area contributed by atoms with Crippen LogP contribution in [-0.4, -0.2) is 101 Å². The Labute approximate surface area is 400 Å². The number of aryl methyl sites for hydroxylation is 2. The summed E-state index contributed by atoms with van der Waals surface area (Å²) in [5.41, 5.74) is 4.66.